The second-order valence-electron chi connectivity index (χ2n) is 4.22. The zero-order valence-corrected chi connectivity index (χ0v) is 10.6. The third kappa shape index (κ3) is 1.69. The van der Waals surface area contributed by atoms with Gasteiger partial charge in [0.2, 0.25) is 0 Å². The molecule has 0 radical (unpaired) electrons. The molecule has 4 nitrogen and oxygen atoms in total. The summed E-state index contributed by atoms with van der Waals surface area (Å²) in [6.45, 7) is 0. The molecule has 0 atom stereocenters. The van der Waals surface area contributed by atoms with Gasteiger partial charge < -0.3 is 10.5 Å². The van der Waals surface area contributed by atoms with Crippen molar-refractivity contribution in [3.8, 4) is 17.0 Å². The first-order valence-corrected chi connectivity index (χ1v) is 5.88. The van der Waals surface area contributed by atoms with Gasteiger partial charge in [-0.2, -0.15) is 0 Å². The maximum absolute atomic E-state index is 13.9. The van der Waals surface area contributed by atoms with Crippen LogP contribution in [0.5, 0.6) is 5.75 Å². The Morgan fingerprint density at radius 3 is 2.75 bits per heavy atom. The van der Waals surface area contributed by atoms with Gasteiger partial charge in [0.05, 0.1) is 7.11 Å². The molecule has 0 spiro atoms. The standard InChI is InChI=1S/C14H11F2N3O/c1-20-10-6-3-7-19-13(17)12(18-14(10)19)8-4-2-5-9(15)11(8)16/h2-7H,17H2,1H3. The van der Waals surface area contributed by atoms with Gasteiger partial charge in [0.15, 0.2) is 23.0 Å². The summed E-state index contributed by atoms with van der Waals surface area (Å²) in [7, 11) is 1.50. The zero-order valence-electron chi connectivity index (χ0n) is 10.6. The Balaban J connectivity index is 2.32. The Morgan fingerprint density at radius 1 is 1.20 bits per heavy atom. The van der Waals surface area contributed by atoms with Crippen LogP contribution in [0, 0.1) is 11.6 Å². The summed E-state index contributed by atoms with van der Waals surface area (Å²) < 4.78 is 33.9. The Hall–Kier alpha value is -2.63. The van der Waals surface area contributed by atoms with E-state index in [-0.39, 0.29) is 17.1 Å². The molecule has 3 aromatic rings. The number of fused-ring (bicyclic) bond motifs is 1. The van der Waals surface area contributed by atoms with Crippen LogP contribution in [0.4, 0.5) is 14.6 Å². The first-order valence-electron chi connectivity index (χ1n) is 5.88. The molecule has 0 unspecified atom stereocenters. The van der Waals surface area contributed by atoms with Gasteiger partial charge in [-0.25, -0.2) is 13.8 Å². The monoisotopic (exact) mass is 275 g/mol. The normalized spacial score (nSPS) is 10.9. The van der Waals surface area contributed by atoms with Gasteiger partial charge in [-0.05, 0) is 24.3 Å². The van der Waals surface area contributed by atoms with Crippen molar-refractivity contribution >= 4 is 11.5 Å². The molecular weight excluding hydrogens is 264 g/mol. The second-order valence-corrected chi connectivity index (χ2v) is 4.22. The van der Waals surface area contributed by atoms with E-state index in [0.29, 0.717) is 11.4 Å². The largest absolute Gasteiger partial charge is 0.493 e. The highest BCUT2D eigenvalue weighted by atomic mass is 19.2. The van der Waals surface area contributed by atoms with Crippen LogP contribution in [0.2, 0.25) is 0 Å². The summed E-state index contributed by atoms with van der Waals surface area (Å²) in [5.74, 6) is -1.18. The van der Waals surface area contributed by atoms with Crippen molar-refractivity contribution in [2.75, 3.05) is 12.8 Å². The van der Waals surface area contributed by atoms with Crippen LogP contribution < -0.4 is 10.5 Å². The number of methoxy groups -OCH3 is 1. The molecule has 20 heavy (non-hydrogen) atoms. The Labute approximate surface area is 113 Å². The highest BCUT2D eigenvalue weighted by molar-refractivity contribution is 5.77. The van der Waals surface area contributed by atoms with E-state index < -0.39 is 11.6 Å². The van der Waals surface area contributed by atoms with Crippen LogP contribution in [0.25, 0.3) is 16.9 Å². The van der Waals surface area contributed by atoms with Gasteiger partial charge in [0, 0.05) is 11.8 Å². The molecule has 3 rings (SSSR count). The molecule has 0 bridgehead atoms. The summed E-state index contributed by atoms with van der Waals surface area (Å²) in [6, 6.07) is 7.34. The number of benzene rings is 1. The van der Waals surface area contributed by atoms with Crippen molar-refractivity contribution in [3.05, 3.63) is 48.2 Å². The summed E-state index contributed by atoms with van der Waals surface area (Å²) >= 11 is 0. The summed E-state index contributed by atoms with van der Waals surface area (Å²) in [6.07, 6.45) is 1.68. The van der Waals surface area contributed by atoms with Gasteiger partial charge >= 0.3 is 0 Å². The van der Waals surface area contributed by atoms with Crippen LogP contribution >= 0.6 is 0 Å². The first kappa shape index (κ1) is 12.4. The number of rotatable bonds is 2. The number of nitrogens with zero attached hydrogens (tertiary/aromatic N) is 2. The SMILES string of the molecule is COc1cccn2c(N)c(-c3cccc(F)c3F)nc12. The lowest BCUT2D eigenvalue weighted by atomic mass is 10.1. The van der Waals surface area contributed by atoms with Gasteiger partial charge in [0.1, 0.15) is 11.5 Å². The molecule has 1 aromatic carbocycles. The van der Waals surface area contributed by atoms with Gasteiger partial charge in [0.25, 0.3) is 0 Å². The lowest BCUT2D eigenvalue weighted by Gasteiger charge is -2.02. The Kier molecular flexibility index (Phi) is 2.78. The number of nitrogen functional groups attached to an aromatic ring is 1. The van der Waals surface area contributed by atoms with Crippen molar-refractivity contribution in [1.29, 1.82) is 0 Å². The molecule has 2 N–H and O–H groups in total. The van der Waals surface area contributed by atoms with Crippen molar-refractivity contribution in [3.63, 3.8) is 0 Å². The first-order chi connectivity index (χ1) is 9.63. The molecule has 0 saturated carbocycles. The minimum absolute atomic E-state index is 0.0215. The lowest BCUT2D eigenvalue weighted by molar-refractivity contribution is 0.417. The van der Waals surface area contributed by atoms with E-state index in [0.717, 1.165) is 6.07 Å². The van der Waals surface area contributed by atoms with Crippen LogP contribution in [-0.4, -0.2) is 16.5 Å². The van der Waals surface area contributed by atoms with Crippen LogP contribution in [0.3, 0.4) is 0 Å². The maximum Gasteiger partial charge on any atom is 0.181 e. The average Bonchev–Trinajstić information content (AvgIpc) is 2.79. The Bertz CT molecular complexity index is 798. The van der Waals surface area contributed by atoms with Crippen molar-refractivity contribution in [2.45, 2.75) is 0 Å². The fourth-order valence-corrected chi connectivity index (χ4v) is 2.11. The van der Waals surface area contributed by atoms with E-state index in [9.17, 15) is 8.78 Å². The van der Waals surface area contributed by atoms with E-state index in [1.807, 2.05) is 0 Å². The van der Waals surface area contributed by atoms with Crippen molar-refractivity contribution < 1.29 is 13.5 Å². The van der Waals surface area contributed by atoms with Crippen LogP contribution in [0.1, 0.15) is 0 Å². The van der Waals surface area contributed by atoms with E-state index >= 15 is 0 Å². The van der Waals surface area contributed by atoms with Gasteiger partial charge in [-0.3, -0.25) is 4.40 Å². The van der Waals surface area contributed by atoms with Crippen molar-refractivity contribution in [2.24, 2.45) is 0 Å². The number of halogens is 2. The summed E-state index contributed by atoms with van der Waals surface area (Å²) in [4.78, 5) is 4.26. The molecule has 0 amide bonds. The number of ether oxygens (including phenoxy) is 1. The number of hydrogen-bond donors (Lipinski definition) is 1. The van der Waals surface area contributed by atoms with E-state index in [1.54, 1.807) is 22.7 Å². The van der Waals surface area contributed by atoms with Crippen LogP contribution in [0.15, 0.2) is 36.5 Å². The Morgan fingerprint density at radius 2 is 2.00 bits per heavy atom. The third-order valence-corrected chi connectivity index (χ3v) is 3.08. The summed E-state index contributed by atoms with van der Waals surface area (Å²) in [5, 5.41) is 0. The number of hydrogen-bond acceptors (Lipinski definition) is 3. The van der Waals surface area contributed by atoms with Gasteiger partial charge in [-0.1, -0.05) is 6.07 Å². The topological polar surface area (TPSA) is 52.5 Å². The number of anilines is 1. The molecular formula is C14H11F2N3O. The number of nitrogens with two attached hydrogens (primary N) is 1. The number of aromatic nitrogens is 2. The van der Waals surface area contributed by atoms with Crippen molar-refractivity contribution in [1.82, 2.24) is 9.38 Å². The molecule has 6 heteroatoms. The molecule has 2 heterocycles. The predicted octanol–water partition coefficient (Wildman–Crippen LogP) is 2.87. The maximum atomic E-state index is 13.9. The molecule has 0 aliphatic carbocycles. The fraction of sp³-hybridized carbons (Fsp3) is 0.0714. The molecule has 0 aliphatic rings. The quantitative estimate of drug-likeness (QED) is 0.782. The fourth-order valence-electron chi connectivity index (χ4n) is 2.11. The number of imidazole rings is 1. The minimum atomic E-state index is -0.971. The highest BCUT2D eigenvalue weighted by Gasteiger charge is 2.18. The molecule has 0 saturated heterocycles. The molecule has 0 aliphatic heterocycles. The van der Waals surface area contributed by atoms with E-state index in [4.69, 9.17) is 10.5 Å². The number of pyridine rings is 1. The van der Waals surface area contributed by atoms with Gasteiger partial charge in [-0.15, -0.1) is 0 Å². The lowest BCUT2D eigenvalue weighted by Crippen LogP contribution is -1.96. The molecule has 2 aromatic heterocycles. The van der Waals surface area contributed by atoms with E-state index in [1.165, 1.54) is 19.2 Å². The smallest absolute Gasteiger partial charge is 0.181 e. The molecule has 102 valence electrons. The third-order valence-electron chi connectivity index (χ3n) is 3.08. The average molecular weight is 275 g/mol. The highest BCUT2D eigenvalue weighted by Crippen LogP contribution is 2.32. The zero-order chi connectivity index (χ0) is 14.3. The van der Waals surface area contributed by atoms with E-state index in [2.05, 4.69) is 4.98 Å². The predicted molar refractivity (Wildman–Crippen MR) is 71.5 cm³/mol. The molecule has 0 fully saturated rings. The minimum Gasteiger partial charge on any atom is -0.493 e. The second kappa shape index (κ2) is 4.48. The van der Waals surface area contributed by atoms with Crippen LogP contribution in [-0.2, 0) is 0 Å². The summed E-state index contributed by atoms with van der Waals surface area (Å²) in [5.41, 5.74) is 6.63.